The van der Waals surface area contributed by atoms with Gasteiger partial charge in [0.05, 0.1) is 24.0 Å². The topological polar surface area (TPSA) is 46.2 Å². The number of rotatable bonds is 6. The lowest BCUT2D eigenvalue weighted by atomic mass is 9.90. The van der Waals surface area contributed by atoms with E-state index in [1.165, 1.54) is 24.1 Å². The quantitative estimate of drug-likeness (QED) is 0.388. The van der Waals surface area contributed by atoms with Gasteiger partial charge < -0.3 is 15.4 Å². The predicted molar refractivity (Wildman–Crippen MR) is 133 cm³/mol. The average molecular weight is 424 g/mol. The van der Waals surface area contributed by atoms with Crippen LogP contribution in [-0.2, 0) is 6.42 Å². The second kappa shape index (κ2) is 9.41. The highest BCUT2D eigenvalue weighted by Gasteiger charge is 2.16. The van der Waals surface area contributed by atoms with E-state index in [0.717, 1.165) is 59.0 Å². The molecule has 32 heavy (non-hydrogen) atoms. The van der Waals surface area contributed by atoms with E-state index >= 15 is 0 Å². The number of methoxy groups -OCH3 is 1. The Bertz CT molecular complexity index is 1200. The molecule has 162 valence electrons. The molecule has 2 N–H and O–H groups in total. The average Bonchev–Trinajstić information content (AvgIpc) is 2.86. The van der Waals surface area contributed by atoms with Crippen molar-refractivity contribution in [2.24, 2.45) is 5.92 Å². The number of piperidine rings is 1. The number of aromatic nitrogens is 1. The molecule has 0 bridgehead atoms. The number of hydrogen-bond donors (Lipinski definition) is 2. The first-order valence-corrected chi connectivity index (χ1v) is 11.4. The normalized spacial score (nSPS) is 14.4. The van der Waals surface area contributed by atoms with Gasteiger partial charge in [-0.2, -0.15) is 0 Å². The van der Waals surface area contributed by atoms with Gasteiger partial charge >= 0.3 is 0 Å². The van der Waals surface area contributed by atoms with Crippen LogP contribution in [-0.4, -0.2) is 25.2 Å². The van der Waals surface area contributed by atoms with E-state index in [1.54, 1.807) is 7.11 Å². The lowest BCUT2D eigenvalue weighted by Gasteiger charge is -2.24. The van der Waals surface area contributed by atoms with Gasteiger partial charge in [0.1, 0.15) is 5.75 Å². The number of benzene rings is 3. The molecule has 2 heterocycles. The van der Waals surface area contributed by atoms with Crippen molar-refractivity contribution in [2.75, 3.05) is 25.5 Å². The van der Waals surface area contributed by atoms with E-state index in [9.17, 15) is 0 Å². The van der Waals surface area contributed by atoms with Crippen molar-refractivity contribution in [3.8, 4) is 17.0 Å². The van der Waals surface area contributed by atoms with Gasteiger partial charge in [0, 0.05) is 16.6 Å². The van der Waals surface area contributed by atoms with Gasteiger partial charge in [-0.3, -0.25) is 0 Å². The first-order chi connectivity index (χ1) is 15.8. The van der Waals surface area contributed by atoms with Crippen molar-refractivity contribution >= 4 is 22.3 Å². The van der Waals surface area contributed by atoms with Crippen LogP contribution in [0.2, 0.25) is 0 Å². The van der Waals surface area contributed by atoms with Gasteiger partial charge in [-0.25, -0.2) is 4.98 Å². The number of hydrogen-bond acceptors (Lipinski definition) is 4. The SMILES string of the molecule is COc1ccc(-c2cc(Nc3ccccc3CC3CCNCC3)c3ccccc3n2)cc1. The van der Waals surface area contributed by atoms with Crippen LogP contribution in [0.1, 0.15) is 18.4 Å². The standard InChI is InChI=1S/C28H29N3O/c1-32-23-12-10-21(11-13-23)27-19-28(24-7-3-5-9-26(24)31-27)30-25-8-4-2-6-22(25)18-20-14-16-29-17-15-20/h2-13,19-20,29H,14-18H2,1H3,(H,30,31). The first-order valence-electron chi connectivity index (χ1n) is 11.4. The van der Waals surface area contributed by atoms with Crippen LogP contribution in [0.25, 0.3) is 22.2 Å². The largest absolute Gasteiger partial charge is 0.497 e. The molecule has 0 atom stereocenters. The van der Waals surface area contributed by atoms with E-state index in [2.05, 4.69) is 71.3 Å². The summed E-state index contributed by atoms with van der Waals surface area (Å²) in [4.78, 5) is 4.93. The second-order valence-corrected chi connectivity index (χ2v) is 8.48. The van der Waals surface area contributed by atoms with E-state index < -0.39 is 0 Å². The van der Waals surface area contributed by atoms with Crippen LogP contribution < -0.4 is 15.4 Å². The van der Waals surface area contributed by atoms with Crippen molar-refractivity contribution < 1.29 is 4.74 Å². The molecule has 3 aromatic carbocycles. The Kier molecular flexibility index (Phi) is 6.04. The molecule has 1 aromatic heterocycles. The highest BCUT2D eigenvalue weighted by atomic mass is 16.5. The molecule has 5 rings (SSSR count). The summed E-state index contributed by atoms with van der Waals surface area (Å²) in [5.41, 5.74) is 6.65. The number of pyridine rings is 1. The zero-order chi connectivity index (χ0) is 21.8. The van der Waals surface area contributed by atoms with E-state index in [-0.39, 0.29) is 0 Å². The molecule has 0 radical (unpaired) electrons. The highest BCUT2D eigenvalue weighted by molar-refractivity contribution is 5.95. The Morgan fingerprint density at radius 2 is 1.66 bits per heavy atom. The summed E-state index contributed by atoms with van der Waals surface area (Å²) < 4.78 is 5.32. The fraction of sp³-hybridized carbons (Fsp3) is 0.250. The van der Waals surface area contributed by atoms with Gasteiger partial charge in [0.15, 0.2) is 0 Å². The molecular weight excluding hydrogens is 394 g/mol. The van der Waals surface area contributed by atoms with Crippen molar-refractivity contribution in [3.63, 3.8) is 0 Å². The minimum absolute atomic E-state index is 0.739. The first kappa shape index (κ1) is 20.5. The number of anilines is 2. The highest BCUT2D eigenvalue weighted by Crippen LogP contribution is 2.33. The van der Waals surface area contributed by atoms with Gasteiger partial charge in [0.25, 0.3) is 0 Å². The molecule has 4 heteroatoms. The van der Waals surface area contributed by atoms with Crippen LogP contribution in [0.3, 0.4) is 0 Å². The van der Waals surface area contributed by atoms with Gasteiger partial charge in [-0.1, -0.05) is 36.4 Å². The third kappa shape index (κ3) is 4.46. The minimum atomic E-state index is 0.739. The predicted octanol–water partition coefficient (Wildman–Crippen LogP) is 6.20. The molecule has 0 unspecified atom stereocenters. The Hall–Kier alpha value is -3.37. The fourth-order valence-electron chi connectivity index (χ4n) is 4.55. The van der Waals surface area contributed by atoms with Gasteiger partial charge in [0.2, 0.25) is 0 Å². The molecular formula is C28H29N3O. The molecule has 1 fully saturated rings. The van der Waals surface area contributed by atoms with Crippen molar-refractivity contribution in [2.45, 2.75) is 19.3 Å². The number of ether oxygens (including phenoxy) is 1. The minimum Gasteiger partial charge on any atom is -0.497 e. The Labute approximate surface area is 189 Å². The monoisotopic (exact) mass is 423 g/mol. The number of fused-ring (bicyclic) bond motifs is 1. The summed E-state index contributed by atoms with van der Waals surface area (Å²) in [6.07, 6.45) is 3.60. The molecule has 1 aliphatic rings. The molecule has 0 spiro atoms. The summed E-state index contributed by atoms with van der Waals surface area (Å²) in [6, 6.07) is 27.3. The lowest BCUT2D eigenvalue weighted by Crippen LogP contribution is -2.28. The molecule has 1 aliphatic heterocycles. The fourth-order valence-corrected chi connectivity index (χ4v) is 4.55. The maximum atomic E-state index is 5.32. The van der Waals surface area contributed by atoms with Crippen molar-refractivity contribution in [1.29, 1.82) is 0 Å². The van der Waals surface area contributed by atoms with Crippen molar-refractivity contribution in [1.82, 2.24) is 10.3 Å². The zero-order valence-electron chi connectivity index (χ0n) is 18.5. The molecule has 0 amide bonds. The van der Waals surface area contributed by atoms with E-state index in [4.69, 9.17) is 9.72 Å². The summed E-state index contributed by atoms with van der Waals surface area (Å²) in [5.74, 6) is 1.59. The maximum absolute atomic E-state index is 5.32. The van der Waals surface area contributed by atoms with Gasteiger partial charge in [-0.05, 0) is 86.3 Å². The van der Waals surface area contributed by atoms with E-state index in [1.807, 2.05) is 18.2 Å². The number of nitrogens with zero attached hydrogens (tertiary/aromatic N) is 1. The molecule has 4 aromatic rings. The Balaban J connectivity index is 1.51. The Morgan fingerprint density at radius 3 is 2.47 bits per heavy atom. The summed E-state index contributed by atoms with van der Waals surface area (Å²) >= 11 is 0. The molecule has 0 aliphatic carbocycles. The van der Waals surface area contributed by atoms with Crippen LogP contribution in [0.4, 0.5) is 11.4 Å². The zero-order valence-corrected chi connectivity index (χ0v) is 18.5. The number of nitrogens with one attached hydrogen (secondary N) is 2. The molecule has 1 saturated heterocycles. The van der Waals surface area contributed by atoms with Gasteiger partial charge in [-0.15, -0.1) is 0 Å². The maximum Gasteiger partial charge on any atom is 0.118 e. The van der Waals surface area contributed by atoms with E-state index in [0.29, 0.717) is 0 Å². The smallest absolute Gasteiger partial charge is 0.118 e. The summed E-state index contributed by atoms with van der Waals surface area (Å²) in [7, 11) is 1.69. The third-order valence-electron chi connectivity index (χ3n) is 6.36. The Morgan fingerprint density at radius 1 is 0.906 bits per heavy atom. The van der Waals surface area contributed by atoms with Crippen LogP contribution in [0.15, 0.2) is 78.9 Å². The molecule has 4 nitrogen and oxygen atoms in total. The van der Waals surface area contributed by atoms with Crippen LogP contribution >= 0.6 is 0 Å². The second-order valence-electron chi connectivity index (χ2n) is 8.48. The summed E-state index contributed by atoms with van der Waals surface area (Å²) in [5, 5.41) is 8.36. The lowest BCUT2D eigenvalue weighted by molar-refractivity contribution is 0.373. The third-order valence-corrected chi connectivity index (χ3v) is 6.36. The summed E-state index contributed by atoms with van der Waals surface area (Å²) in [6.45, 7) is 2.25. The number of para-hydroxylation sites is 2. The van der Waals surface area contributed by atoms with Crippen LogP contribution in [0.5, 0.6) is 5.75 Å². The van der Waals surface area contributed by atoms with Crippen LogP contribution in [0, 0.1) is 5.92 Å². The molecule has 0 saturated carbocycles. The van der Waals surface area contributed by atoms with Crippen molar-refractivity contribution in [3.05, 3.63) is 84.4 Å².